The van der Waals surface area contributed by atoms with Crippen molar-refractivity contribution in [2.75, 3.05) is 7.11 Å². The molecular weight excluding hydrogens is 347 g/mol. The lowest BCUT2D eigenvalue weighted by Gasteiger charge is -2.11. The molecule has 132 valence electrons. The number of methoxy groups -OCH3 is 1. The SMILES string of the molecule is COc1cc2nccc(Oc3ccc([N+](=O)[O-])c(F)c3)c2cc1C(=O)O. The number of benzene rings is 2. The molecule has 0 unspecified atom stereocenters. The van der Waals surface area contributed by atoms with Crippen LogP contribution in [0.3, 0.4) is 0 Å². The molecule has 0 fully saturated rings. The van der Waals surface area contributed by atoms with E-state index in [0.717, 1.165) is 12.1 Å². The Bertz CT molecular complexity index is 1040. The van der Waals surface area contributed by atoms with Crippen LogP contribution in [0.4, 0.5) is 10.1 Å². The van der Waals surface area contributed by atoms with Crippen molar-refractivity contribution in [3.8, 4) is 17.2 Å². The van der Waals surface area contributed by atoms with Gasteiger partial charge in [-0.15, -0.1) is 0 Å². The predicted octanol–water partition coefficient (Wildman–Crippen LogP) is 3.78. The van der Waals surface area contributed by atoms with Crippen LogP contribution in [-0.2, 0) is 0 Å². The number of ether oxygens (including phenoxy) is 2. The lowest BCUT2D eigenvalue weighted by molar-refractivity contribution is -0.387. The van der Waals surface area contributed by atoms with Crippen LogP contribution >= 0.6 is 0 Å². The predicted molar refractivity (Wildman–Crippen MR) is 88.4 cm³/mol. The molecule has 0 bridgehead atoms. The fourth-order valence-electron chi connectivity index (χ4n) is 2.40. The van der Waals surface area contributed by atoms with E-state index in [9.17, 15) is 24.4 Å². The van der Waals surface area contributed by atoms with Gasteiger partial charge in [-0.2, -0.15) is 4.39 Å². The normalized spacial score (nSPS) is 10.5. The molecule has 8 nitrogen and oxygen atoms in total. The van der Waals surface area contributed by atoms with Crippen molar-refractivity contribution in [3.05, 3.63) is 64.1 Å². The highest BCUT2D eigenvalue weighted by Gasteiger charge is 2.17. The zero-order valence-corrected chi connectivity index (χ0v) is 13.3. The Kier molecular flexibility index (Phi) is 4.36. The van der Waals surface area contributed by atoms with Gasteiger partial charge in [-0.05, 0) is 18.2 Å². The minimum absolute atomic E-state index is 0.0216. The standard InChI is InChI=1S/C17H11FN2O6/c1-25-16-8-13-10(7-11(16)17(21)22)15(4-5-19-13)26-9-2-3-14(20(23)24)12(18)6-9/h2-8H,1H3,(H,21,22). The zero-order chi connectivity index (χ0) is 18.8. The van der Waals surface area contributed by atoms with Crippen molar-refractivity contribution in [2.24, 2.45) is 0 Å². The van der Waals surface area contributed by atoms with Crippen LogP contribution in [0.25, 0.3) is 10.9 Å². The van der Waals surface area contributed by atoms with Gasteiger partial charge < -0.3 is 14.6 Å². The fraction of sp³-hybridized carbons (Fsp3) is 0.0588. The topological polar surface area (TPSA) is 112 Å². The van der Waals surface area contributed by atoms with E-state index in [-0.39, 0.29) is 22.8 Å². The Morgan fingerprint density at radius 1 is 1.23 bits per heavy atom. The number of aromatic nitrogens is 1. The number of nitrogens with zero attached hydrogens (tertiary/aromatic N) is 2. The van der Waals surface area contributed by atoms with Gasteiger partial charge in [-0.25, -0.2) is 4.79 Å². The van der Waals surface area contributed by atoms with Gasteiger partial charge in [0.15, 0.2) is 0 Å². The second-order valence-electron chi connectivity index (χ2n) is 5.16. The number of aromatic carboxylic acids is 1. The van der Waals surface area contributed by atoms with E-state index in [1.807, 2.05) is 0 Å². The van der Waals surface area contributed by atoms with Crippen molar-refractivity contribution < 1.29 is 28.7 Å². The first kappa shape index (κ1) is 17.1. The van der Waals surface area contributed by atoms with Gasteiger partial charge in [0.2, 0.25) is 5.82 Å². The summed E-state index contributed by atoms with van der Waals surface area (Å²) < 4.78 is 24.4. The maximum atomic E-state index is 13.8. The van der Waals surface area contributed by atoms with E-state index in [1.165, 1.54) is 37.6 Å². The number of pyridine rings is 1. The lowest BCUT2D eigenvalue weighted by atomic mass is 10.1. The Hall–Kier alpha value is -3.75. The summed E-state index contributed by atoms with van der Waals surface area (Å²) in [5.41, 5.74) is -0.353. The quantitative estimate of drug-likeness (QED) is 0.545. The first-order valence-corrected chi connectivity index (χ1v) is 7.22. The van der Waals surface area contributed by atoms with Gasteiger partial charge in [-0.1, -0.05) is 0 Å². The van der Waals surface area contributed by atoms with Gasteiger partial charge in [0.25, 0.3) is 0 Å². The molecule has 0 saturated carbocycles. The number of hydrogen-bond donors (Lipinski definition) is 1. The Balaban J connectivity index is 2.08. The minimum atomic E-state index is -1.19. The molecule has 3 aromatic rings. The number of nitro benzene ring substituents is 1. The number of hydrogen-bond acceptors (Lipinski definition) is 6. The molecule has 1 N–H and O–H groups in total. The summed E-state index contributed by atoms with van der Waals surface area (Å²) in [5.74, 6) is -1.86. The third-order valence-electron chi connectivity index (χ3n) is 3.60. The first-order chi connectivity index (χ1) is 12.4. The van der Waals surface area contributed by atoms with Crippen LogP contribution in [0.5, 0.6) is 17.2 Å². The maximum absolute atomic E-state index is 13.8. The van der Waals surface area contributed by atoms with E-state index in [2.05, 4.69) is 4.98 Å². The molecule has 0 saturated heterocycles. The van der Waals surface area contributed by atoms with E-state index in [1.54, 1.807) is 0 Å². The number of halogens is 1. The summed E-state index contributed by atoms with van der Waals surface area (Å²) in [6.07, 6.45) is 1.43. The number of carbonyl (C=O) groups is 1. The molecule has 0 spiro atoms. The highest BCUT2D eigenvalue weighted by molar-refractivity contribution is 5.98. The summed E-state index contributed by atoms with van der Waals surface area (Å²) in [5, 5.41) is 20.3. The molecule has 0 amide bonds. The molecule has 26 heavy (non-hydrogen) atoms. The number of rotatable bonds is 5. The van der Waals surface area contributed by atoms with E-state index in [0.29, 0.717) is 10.9 Å². The van der Waals surface area contributed by atoms with Crippen molar-refractivity contribution >= 4 is 22.6 Å². The molecule has 2 aromatic carbocycles. The summed E-state index contributed by atoms with van der Waals surface area (Å²) in [6.45, 7) is 0. The van der Waals surface area contributed by atoms with E-state index >= 15 is 0 Å². The zero-order valence-electron chi connectivity index (χ0n) is 13.3. The number of carboxylic acid groups (broad SMARTS) is 1. The Morgan fingerprint density at radius 3 is 2.62 bits per heavy atom. The van der Waals surface area contributed by atoms with Gasteiger partial charge >= 0.3 is 11.7 Å². The van der Waals surface area contributed by atoms with Crippen molar-refractivity contribution in [3.63, 3.8) is 0 Å². The van der Waals surface area contributed by atoms with Crippen LogP contribution in [-0.4, -0.2) is 28.1 Å². The van der Waals surface area contributed by atoms with Crippen LogP contribution in [0.1, 0.15) is 10.4 Å². The smallest absolute Gasteiger partial charge is 0.339 e. The Labute approximate surface area is 145 Å². The molecule has 0 aliphatic carbocycles. The molecule has 9 heteroatoms. The summed E-state index contributed by atoms with van der Waals surface area (Å²) >= 11 is 0. The third kappa shape index (κ3) is 3.09. The van der Waals surface area contributed by atoms with Crippen LogP contribution < -0.4 is 9.47 Å². The van der Waals surface area contributed by atoms with Gasteiger partial charge in [0.1, 0.15) is 22.8 Å². The van der Waals surface area contributed by atoms with Crippen molar-refractivity contribution in [1.82, 2.24) is 4.98 Å². The fourth-order valence-corrected chi connectivity index (χ4v) is 2.40. The van der Waals surface area contributed by atoms with Crippen LogP contribution in [0, 0.1) is 15.9 Å². The van der Waals surface area contributed by atoms with Gasteiger partial charge in [0, 0.05) is 29.8 Å². The number of fused-ring (bicyclic) bond motifs is 1. The summed E-state index contributed by atoms with van der Waals surface area (Å²) in [7, 11) is 1.34. The van der Waals surface area contributed by atoms with Crippen LogP contribution in [0.2, 0.25) is 0 Å². The van der Waals surface area contributed by atoms with Crippen molar-refractivity contribution in [2.45, 2.75) is 0 Å². The minimum Gasteiger partial charge on any atom is -0.496 e. The van der Waals surface area contributed by atoms with Crippen molar-refractivity contribution in [1.29, 1.82) is 0 Å². The monoisotopic (exact) mass is 358 g/mol. The summed E-state index contributed by atoms with van der Waals surface area (Å²) in [4.78, 5) is 25.4. The molecular formula is C17H11FN2O6. The molecule has 0 radical (unpaired) electrons. The molecule has 1 heterocycles. The van der Waals surface area contributed by atoms with Crippen LogP contribution in [0.15, 0.2) is 42.6 Å². The first-order valence-electron chi connectivity index (χ1n) is 7.22. The van der Waals surface area contributed by atoms with E-state index < -0.39 is 22.4 Å². The number of nitro groups is 1. The molecule has 0 aliphatic rings. The number of carboxylic acids is 1. The maximum Gasteiger partial charge on any atom is 0.339 e. The highest BCUT2D eigenvalue weighted by atomic mass is 19.1. The average Bonchev–Trinajstić information content (AvgIpc) is 2.60. The third-order valence-corrected chi connectivity index (χ3v) is 3.60. The van der Waals surface area contributed by atoms with Gasteiger partial charge in [-0.3, -0.25) is 15.1 Å². The Morgan fingerprint density at radius 2 is 2.00 bits per heavy atom. The summed E-state index contributed by atoms with van der Waals surface area (Å²) in [6, 6.07) is 7.36. The van der Waals surface area contributed by atoms with Gasteiger partial charge in [0.05, 0.1) is 17.5 Å². The molecule has 0 aliphatic heterocycles. The largest absolute Gasteiger partial charge is 0.496 e. The van der Waals surface area contributed by atoms with E-state index in [4.69, 9.17) is 9.47 Å². The molecule has 1 aromatic heterocycles. The lowest BCUT2D eigenvalue weighted by Crippen LogP contribution is -2.01. The second kappa shape index (κ2) is 6.63. The molecule has 3 rings (SSSR count). The average molecular weight is 358 g/mol. The molecule has 0 atom stereocenters. The second-order valence-corrected chi connectivity index (χ2v) is 5.16. The highest BCUT2D eigenvalue weighted by Crippen LogP contribution is 2.34.